The molecule has 1 aromatic rings. The van der Waals surface area contributed by atoms with Crippen molar-refractivity contribution in [2.75, 3.05) is 13.6 Å². The summed E-state index contributed by atoms with van der Waals surface area (Å²) in [6.07, 6.45) is 0.475. The van der Waals surface area contributed by atoms with Gasteiger partial charge in [0.25, 0.3) is 0 Å². The van der Waals surface area contributed by atoms with Crippen molar-refractivity contribution in [2.24, 2.45) is 0 Å². The molecule has 1 aromatic carbocycles. The number of likely N-dealkylation sites (N-methyl/N-ethyl adjacent to an activating group) is 1. The first kappa shape index (κ1) is 12.0. The summed E-state index contributed by atoms with van der Waals surface area (Å²) in [5, 5.41) is 0.511. The van der Waals surface area contributed by atoms with Gasteiger partial charge in [0.15, 0.2) is 0 Å². The maximum absolute atomic E-state index is 13.3. The third kappa shape index (κ3) is 3.51. The summed E-state index contributed by atoms with van der Waals surface area (Å²) in [6.45, 7) is 1.97. The highest BCUT2D eigenvalue weighted by Crippen LogP contribution is 2.15. The van der Waals surface area contributed by atoms with Crippen LogP contribution in [0, 0.1) is 5.82 Å². The summed E-state index contributed by atoms with van der Waals surface area (Å²) in [5.41, 5.74) is 0.538. The summed E-state index contributed by atoms with van der Waals surface area (Å²) in [4.78, 5) is 12.5. The molecule has 0 fully saturated rings. The Hall–Kier alpha value is -1.09. The first-order valence-electron chi connectivity index (χ1n) is 4.66. The van der Waals surface area contributed by atoms with Crippen LogP contribution in [0.15, 0.2) is 18.2 Å². The zero-order valence-electron chi connectivity index (χ0n) is 8.76. The van der Waals surface area contributed by atoms with Crippen LogP contribution in [0.25, 0.3) is 0 Å². The molecule has 0 heterocycles. The molecule has 0 aliphatic rings. The van der Waals surface area contributed by atoms with Gasteiger partial charge in [-0.2, -0.15) is 0 Å². The van der Waals surface area contributed by atoms with E-state index in [1.807, 2.05) is 0 Å². The van der Waals surface area contributed by atoms with Crippen LogP contribution in [0.5, 0.6) is 0 Å². The van der Waals surface area contributed by atoms with Gasteiger partial charge in [0.2, 0.25) is 5.91 Å². The molecule has 0 atom stereocenters. The first-order valence-corrected chi connectivity index (χ1v) is 5.04. The molecule has 0 N–H and O–H groups in total. The average Bonchev–Trinajstić information content (AvgIpc) is 2.18. The van der Waals surface area contributed by atoms with Gasteiger partial charge >= 0.3 is 0 Å². The first-order chi connectivity index (χ1) is 7.00. The quantitative estimate of drug-likeness (QED) is 0.780. The Bertz CT molecular complexity index is 368. The Kier molecular flexibility index (Phi) is 4.09. The Labute approximate surface area is 93.6 Å². The number of rotatable bonds is 3. The van der Waals surface area contributed by atoms with Gasteiger partial charge < -0.3 is 4.90 Å². The minimum absolute atomic E-state index is 0.0302. The smallest absolute Gasteiger partial charge is 0.219 e. The van der Waals surface area contributed by atoms with E-state index >= 15 is 0 Å². The highest BCUT2D eigenvalue weighted by molar-refractivity contribution is 6.30. The molecule has 0 aromatic heterocycles. The van der Waals surface area contributed by atoms with E-state index in [1.165, 1.54) is 19.1 Å². The highest BCUT2D eigenvalue weighted by atomic mass is 35.5. The van der Waals surface area contributed by atoms with E-state index < -0.39 is 0 Å². The van der Waals surface area contributed by atoms with E-state index in [1.54, 1.807) is 18.0 Å². The van der Waals surface area contributed by atoms with Gasteiger partial charge in [-0.25, -0.2) is 4.39 Å². The summed E-state index contributed by atoms with van der Waals surface area (Å²) >= 11 is 5.75. The molecule has 0 radical (unpaired) electrons. The van der Waals surface area contributed by atoms with Crippen LogP contribution in [0.2, 0.25) is 5.02 Å². The van der Waals surface area contributed by atoms with Crippen molar-refractivity contribution in [3.8, 4) is 0 Å². The molecule has 2 nitrogen and oxygen atoms in total. The molecule has 0 aliphatic carbocycles. The zero-order chi connectivity index (χ0) is 11.4. The van der Waals surface area contributed by atoms with Crippen LogP contribution in [0.4, 0.5) is 4.39 Å². The van der Waals surface area contributed by atoms with Crippen molar-refractivity contribution in [1.82, 2.24) is 4.90 Å². The fraction of sp³-hybridized carbons (Fsp3) is 0.364. The summed E-state index contributed by atoms with van der Waals surface area (Å²) in [7, 11) is 1.69. The molecule has 0 saturated heterocycles. The number of halogens is 2. The van der Waals surface area contributed by atoms with E-state index in [0.29, 0.717) is 23.6 Å². The average molecular weight is 230 g/mol. The van der Waals surface area contributed by atoms with Crippen molar-refractivity contribution in [3.63, 3.8) is 0 Å². The normalized spacial score (nSPS) is 10.1. The number of hydrogen-bond donors (Lipinski definition) is 0. The number of amides is 1. The molecular formula is C11H13ClFNO. The molecule has 1 rings (SSSR count). The molecule has 0 spiro atoms. The van der Waals surface area contributed by atoms with E-state index in [-0.39, 0.29) is 11.7 Å². The van der Waals surface area contributed by atoms with Crippen molar-refractivity contribution < 1.29 is 9.18 Å². The molecule has 1 amide bonds. The SMILES string of the molecule is CC(=O)N(C)CCc1cc(Cl)ccc1F. The number of nitrogens with zero attached hydrogens (tertiary/aromatic N) is 1. The molecule has 0 bridgehead atoms. The van der Waals surface area contributed by atoms with Gasteiger partial charge in [0.05, 0.1) is 0 Å². The molecule has 15 heavy (non-hydrogen) atoms. The van der Waals surface area contributed by atoms with E-state index in [2.05, 4.69) is 0 Å². The Balaban J connectivity index is 2.65. The molecule has 0 aliphatic heterocycles. The van der Waals surface area contributed by atoms with Crippen LogP contribution < -0.4 is 0 Å². The standard InChI is InChI=1S/C11H13ClFNO/c1-8(15)14(2)6-5-9-7-10(12)3-4-11(9)13/h3-4,7H,5-6H2,1-2H3. The van der Waals surface area contributed by atoms with Crippen LogP contribution in [-0.2, 0) is 11.2 Å². The van der Waals surface area contributed by atoms with Crippen LogP contribution in [0.1, 0.15) is 12.5 Å². The topological polar surface area (TPSA) is 20.3 Å². The summed E-state index contributed by atoms with van der Waals surface area (Å²) < 4.78 is 13.3. The van der Waals surface area contributed by atoms with Gasteiger partial charge in [-0.15, -0.1) is 0 Å². The monoisotopic (exact) mass is 229 g/mol. The lowest BCUT2D eigenvalue weighted by Crippen LogP contribution is -2.26. The largest absolute Gasteiger partial charge is 0.346 e. The van der Waals surface area contributed by atoms with Gasteiger partial charge in [-0.05, 0) is 30.2 Å². The lowest BCUT2D eigenvalue weighted by molar-refractivity contribution is -0.127. The third-order valence-corrected chi connectivity index (χ3v) is 2.50. The molecular weight excluding hydrogens is 217 g/mol. The van der Waals surface area contributed by atoms with Crippen molar-refractivity contribution in [3.05, 3.63) is 34.6 Å². The highest BCUT2D eigenvalue weighted by Gasteiger charge is 2.06. The van der Waals surface area contributed by atoms with Gasteiger partial charge in [0, 0.05) is 25.5 Å². The fourth-order valence-electron chi connectivity index (χ4n) is 1.18. The predicted molar refractivity (Wildman–Crippen MR) is 58.4 cm³/mol. The van der Waals surface area contributed by atoms with Gasteiger partial charge in [0.1, 0.15) is 5.82 Å². The number of benzene rings is 1. The lowest BCUT2D eigenvalue weighted by Gasteiger charge is -2.14. The van der Waals surface area contributed by atoms with Gasteiger partial charge in [-0.3, -0.25) is 4.79 Å². The van der Waals surface area contributed by atoms with E-state index in [0.717, 1.165) is 0 Å². The lowest BCUT2D eigenvalue weighted by atomic mass is 10.1. The third-order valence-electron chi connectivity index (χ3n) is 2.26. The Morgan fingerprint density at radius 2 is 2.20 bits per heavy atom. The fourth-order valence-corrected chi connectivity index (χ4v) is 1.38. The Morgan fingerprint density at radius 3 is 2.80 bits per heavy atom. The summed E-state index contributed by atoms with van der Waals surface area (Å²) in [6, 6.07) is 4.44. The maximum atomic E-state index is 13.3. The summed E-state index contributed by atoms with van der Waals surface area (Å²) in [5.74, 6) is -0.311. The second-order valence-electron chi connectivity index (χ2n) is 3.43. The van der Waals surface area contributed by atoms with Crippen molar-refractivity contribution >= 4 is 17.5 Å². The van der Waals surface area contributed by atoms with Crippen molar-refractivity contribution in [1.29, 1.82) is 0 Å². The molecule has 0 unspecified atom stereocenters. The van der Waals surface area contributed by atoms with Gasteiger partial charge in [-0.1, -0.05) is 11.6 Å². The molecule has 4 heteroatoms. The zero-order valence-corrected chi connectivity index (χ0v) is 9.51. The molecule has 82 valence electrons. The van der Waals surface area contributed by atoms with E-state index in [9.17, 15) is 9.18 Å². The predicted octanol–water partition coefficient (Wildman–Crippen LogP) is 2.50. The maximum Gasteiger partial charge on any atom is 0.219 e. The van der Waals surface area contributed by atoms with E-state index in [4.69, 9.17) is 11.6 Å². The number of hydrogen-bond acceptors (Lipinski definition) is 1. The van der Waals surface area contributed by atoms with Crippen LogP contribution >= 0.6 is 11.6 Å². The minimum atomic E-state index is -0.281. The van der Waals surface area contributed by atoms with Crippen LogP contribution in [0.3, 0.4) is 0 Å². The number of carbonyl (C=O) groups is 1. The molecule has 0 saturated carbocycles. The Morgan fingerprint density at radius 1 is 1.53 bits per heavy atom. The minimum Gasteiger partial charge on any atom is -0.346 e. The second-order valence-corrected chi connectivity index (χ2v) is 3.86. The second kappa shape index (κ2) is 5.12. The van der Waals surface area contributed by atoms with Crippen molar-refractivity contribution in [2.45, 2.75) is 13.3 Å². The number of carbonyl (C=O) groups excluding carboxylic acids is 1. The van der Waals surface area contributed by atoms with Crippen LogP contribution in [-0.4, -0.2) is 24.4 Å².